The molecule has 0 aromatic heterocycles. The average Bonchev–Trinajstić information content (AvgIpc) is 3.50. The minimum Gasteiger partial charge on any atom is -0.348 e. The molecule has 1 aliphatic carbocycles. The molecular formula is C20H25N3O3S. The van der Waals surface area contributed by atoms with Crippen molar-refractivity contribution in [3.05, 3.63) is 65.2 Å². The van der Waals surface area contributed by atoms with E-state index in [-0.39, 0.29) is 23.4 Å². The third kappa shape index (κ3) is 4.94. The Hall–Kier alpha value is -2.22. The highest BCUT2D eigenvalue weighted by atomic mass is 32.2. The van der Waals surface area contributed by atoms with E-state index in [0.717, 1.165) is 18.4 Å². The largest absolute Gasteiger partial charge is 0.348 e. The van der Waals surface area contributed by atoms with Crippen molar-refractivity contribution >= 4 is 15.9 Å². The summed E-state index contributed by atoms with van der Waals surface area (Å²) < 4.78 is 28.1. The fourth-order valence-corrected chi connectivity index (χ4v) is 4.29. The molecular weight excluding hydrogens is 362 g/mol. The van der Waals surface area contributed by atoms with Crippen LogP contribution >= 0.6 is 0 Å². The Morgan fingerprint density at radius 1 is 1.19 bits per heavy atom. The minimum absolute atomic E-state index is 0.0601. The van der Waals surface area contributed by atoms with Gasteiger partial charge in [-0.2, -0.15) is 0 Å². The molecule has 1 amide bonds. The van der Waals surface area contributed by atoms with Crippen LogP contribution in [0.1, 0.15) is 34.3 Å². The predicted octanol–water partition coefficient (Wildman–Crippen LogP) is 1.94. The molecule has 0 bridgehead atoms. The second-order valence-corrected chi connectivity index (χ2v) is 8.68. The summed E-state index contributed by atoms with van der Waals surface area (Å²) >= 11 is 0. The molecule has 0 aliphatic heterocycles. The second-order valence-electron chi connectivity index (χ2n) is 6.94. The van der Waals surface area contributed by atoms with Crippen molar-refractivity contribution in [2.24, 2.45) is 11.7 Å². The van der Waals surface area contributed by atoms with Crippen LogP contribution < -0.4 is 15.8 Å². The molecule has 27 heavy (non-hydrogen) atoms. The van der Waals surface area contributed by atoms with Crippen molar-refractivity contribution in [2.75, 3.05) is 6.54 Å². The Bertz CT molecular complexity index is 909. The number of hydrogen-bond donors (Lipinski definition) is 3. The number of amides is 1. The molecule has 1 aliphatic rings. The maximum atomic E-state index is 12.7. The summed E-state index contributed by atoms with van der Waals surface area (Å²) in [7, 11) is -3.74. The van der Waals surface area contributed by atoms with Crippen LogP contribution in [0.25, 0.3) is 0 Å². The van der Waals surface area contributed by atoms with Gasteiger partial charge in [-0.25, -0.2) is 13.1 Å². The van der Waals surface area contributed by atoms with E-state index in [9.17, 15) is 13.2 Å². The normalized spacial score (nSPS) is 15.3. The fraction of sp³-hybridized carbons (Fsp3) is 0.350. The summed E-state index contributed by atoms with van der Waals surface area (Å²) in [6.07, 6.45) is 2.14. The number of hydrogen-bond acceptors (Lipinski definition) is 4. The van der Waals surface area contributed by atoms with Gasteiger partial charge in [0.25, 0.3) is 5.91 Å². The highest BCUT2D eigenvalue weighted by Gasteiger charge is 2.31. The van der Waals surface area contributed by atoms with Gasteiger partial charge in [-0.1, -0.05) is 36.4 Å². The highest BCUT2D eigenvalue weighted by Crippen LogP contribution is 2.32. The van der Waals surface area contributed by atoms with E-state index in [1.165, 1.54) is 6.07 Å². The Morgan fingerprint density at radius 3 is 2.52 bits per heavy atom. The first-order valence-electron chi connectivity index (χ1n) is 9.06. The first kappa shape index (κ1) is 19.5. The van der Waals surface area contributed by atoms with Crippen LogP contribution in [-0.2, 0) is 16.6 Å². The van der Waals surface area contributed by atoms with Gasteiger partial charge in [-0.05, 0) is 48.9 Å². The van der Waals surface area contributed by atoms with E-state index in [1.54, 1.807) is 19.1 Å². The molecule has 2 aromatic carbocycles. The number of rotatable bonds is 8. The number of sulfonamides is 1. The van der Waals surface area contributed by atoms with Crippen LogP contribution in [0.5, 0.6) is 0 Å². The maximum absolute atomic E-state index is 12.7. The van der Waals surface area contributed by atoms with Crippen molar-refractivity contribution in [1.82, 2.24) is 10.0 Å². The quantitative estimate of drug-likeness (QED) is 0.644. The van der Waals surface area contributed by atoms with Crippen molar-refractivity contribution in [3.63, 3.8) is 0 Å². The molecule has 1 saturated carbocycles. The molecule has 0 heterocycles. The van der Waals surface area contributed by atoms with Crippen molar-refractivity contribution in [3.8, 4) is 0 Å². The van der Waals surface area contributed by atoms with Gasteiger partial charge in [0.2, 0.25) is 10.0 Å². The number of aryl methyl sites for hydroxylation is 1. The minimum atomic E-state index is -3.74. The molecule has 144 valence electrons. The number of carbonyl (C=O) groups excluding carboxylic acids is 1. The lowest BCUT2D eigenvalue weighted by Crippen LogP contribution is -2.41. The van der Waals surface area contributed by atoms with Crippen LogP contribution in [0, 0.1) is 12.8 Å². The molecule has 0 spiro atoms. The van der Waals surface area contributed by atoms with Gasteiger partial charge in [-0.15, -0.1) is 0 Å². The first-order valence-corrected chi connectivity index (χ1v) is 10.5. The standard InChI is InChI=1S/C20H25N3O3S/c1-14-7-8-17(20(24)23-18(12-21)16-9-10-16)11-19(14)27(25,26)22-13-15-5-3-2-4-6-15/h2-8,11,16,18,22H,9-10,12-13,21H2,1H3,(H,23,24). The summed E-state index contributed by atoms with van der Waals surface area (Å²) in [5.74, 6) is 0.136. The van der Waals surface area contributed by atoms with Gasteiger partial charge in [-0.3, -0.25) is 4.79 Å². The third-order valence-corrected chi connectivity index (χ3v) is 6.35. The molecule has 1 fully saturated rings. The van der Waals surface area contributed by atoms with E-state index in [0.29, 0.717) is 23.6 Å². The second kappa shape index (κ2) is 8.21. The lowest BCUT2D eigenvalue weighted by molar-refractivity contribution is 0.0933. The molecule has 3 rings (SSSR count). The summed E-state index contributed by atoms with van der Waals surface area (Å²) in [5, 5.41) is 2.92. The van der Waals surface area contributed by atoms with Gasteiger partial charge in [0.05, 0.1) is 4.90 Å². The molecule has 1 atom stereocenters. The van der Waals surface area contributed by atoms with Crippen LogP contribution in [0.2, 0.25) is 0 Å². The molecule has 0 radical (unpaired) electrons. The Labute approximate surface area is 160 Å². The number of benzene rings is 2. The molecule has 4 N–H and O–H groups in total. The zero-order valence-corrected chi connectivity index (χ0v) is 16.1. The molecule has 0 saturated heterocycles. The molecule has 7 heteroatoms. The number of nitrogens with one attached hydrogen (secondary N) is 2. The fourth-order valence-electron chi connectivity index (χ4n) is 3.00. The highest BCUT2D eigenvalue weighted by molar-refractivity contribution is 7.89. The SMILES string of the molecule is Cc1ccc(C(=O)NC(CN)C2CC2)cc1S(=O)(=O)NCc1ccccc1. The smallest absolute Gasteiger partial charge is 0.251 e. The molecule has 2 aromatic rings. The topological polar surface area (TPSA) is 101 Å². The van der Waals surface area contributed by atoms with Crippen molar-refractivity contribution in [1.29, 1.82) is 0 Å². The summed E-state index contributed by atoms with van der Waals surface area (Å²) in [5.41, 5.74) is 7.51. The number of nitrogens with two attached hydrogens (primary N) is 1. The molecule has 6 nitrogen and oxygen atoms in total. The van der Waals surface area contributed by atoms with Gasteiger partial charge in [0.15, 0.2) is 0 Å². The lowest BCUT2D eigenvalue weighted by Gasteiger charge is -2.17. The van der Waals surface area contributed by atoms with Crippen LogP contribution in [0.4, 0.5) is 0 Å². The van der Waals surface area contributed by atoms with E-state index in [2.05, 4.69) is 10.0 Å². The van der Waals surface area contributed by atoms with E-state index in [4.69, 9.17) is 5.73 Å². The van der Waals surface area contributed by atoms with Crippen LogP contribution in [0.3, 0.4) is 0 Å². The first-order chi connectivity index (χ1) is 12.9. The van der Waals surface area contributed by atoms with Crippen LogP contribution in [0.15, 0.2) is 53.4 Å². The summed E-state index contributed by atoms with van der Waals surface area (Å²) in [6, 6.07) is 13.9. The van der Waals surface area contributed by atoms with Crippen LogP contribution in [-0.4, -0.2) is 26.9 Å². The van der Waals surface area contributed by atoms with E-state index >= 15 is 0 Å². The van der Waals surface area contributed by atoms with Crippen molar-refractivity contribution < 1.29 is 13.2 Å². The zero-order chi connectivity index (χ0) is 19.4. The van der Waals surface area contributed by atoms with Gasteiger partial charge in [0, 0.05) is 24.7 Å². The van der Waals surface area contributed by atoms with Gasteiger partial charge in [0.1, 0.15) is 0 Å². The Kier molecular flexibility index (Phi) is 5.94. The van der Waals surface area contributed by atoms with Gasteiger partial charge >= 0.3 is 0 Å². The third-order valence-electron chi connectivity index (χ3n) is 4.81. The predicted molar refractivity (Wildman–Crippen MR) is 105 cm³/mol. The maximum Gasteiger partial charge on any atom is 0.251 e. The average molecular weight is 388 g/mol. The Morgan fingerprint density at radius 2 is 1.89 bits per heavy atom. The van der Waals surface area contributed by atoms with E-state index in [1.807, 2.05) is 30.3 Å². The zero-order valence-electron chi connectivity index (χ0n) is 15.3. The van der Waals surface area contributed by atoms with E-state index < -0.39 is 10.0 Å². The monoisotopic (exact) mass is 387 g/mol. The van der Waals surface area contributed by atoms with Gasteiger partial charge < -0.3 is 11.1 Å². The Balaban J connectivity index is 1.76. The van der Waals surface area contributed by atoms with Crippen molar-refractivity contribution in [2.45, 2.75) is 37.2 Å². The lowest BCUT2D eigenvalue weighted by atomic mass is 10.1. The summed E-state index contributed by atoms with van der Waals surface area (Å²) in [4.78, 5) is 12.6. The molecule has 1 unspecified atom stereocenters. The summed E-state index contributed by atoms with van der Waals surface area (Å²) in [6.45, 7) is 2.29. The number of carbonyl (C=O) groups is 1.